The van der Waals surface area contributed by atoms with E-state index in [-0.39, 0.29) is 0 Å². The Labute approximate surface area is 114 Å². The molecule has 0 spiro atoms. The van der Waals surface area contributed by atoms with Crippen LogP contribution >= 0.6 is 0 Å². The van der Waals surface area contributed by atoms with E-state index in [4.69, 9.17) is 4.43 Å². The first-order valence-electron chi connectivity index (χ1n) is 7.47. The van der Waals surface area contributed by atoms with Crippen molar-refractivity contribution < 1.29 is 4.43 Å². The molecule has 0 aromatic carbocycles. The van der Waals surface area contributed by atoms with Gasteiger partial charge in [0.25, 0.3) is 0 Å². The van der Waals surface area contributed by atoms with E-state index in [1.807, 2.05) is 0 Å². The summed E-state index contributed by atoms with van der Waals surface area (Å²) in [6, 6.07) is 0. The van der Waals surface area contributed by atoms with Crippen molar-refractivity contribution in [3.63, 3.8) is 0 Å². The molecule has 0 atom stereocenters. The summed E-state index contributed by atoms with van der Waals surface area (Å²) in [7, 11) is -1.57. The quantitative estimate of drug-likeness (QED) is 0.404. The summed E-state index contributed by atoms with van der Waals surface area (Å²) in [4.78, 5) is 4.55. The van der Waals surface area contributed by atoms with E-state index >= 15 is 0 Å². The predicted molar refractivity (Wildman–Crippen MR) is 83.1 cm³/mol. The lowest BCUT2D eigenvalue weighted by molar-refractivity contribution is 0.298. The van der Waals surface area contributed by atoms with Crippen molar-refractivity contribution in [3.8, 4) is 0 Å². The molecule has 0 heterocycles. The average Bonchev–Trinajstić information content (AvgIpc) is 2.28. The summed E-state index contributed by atoms with van der Waals surface area (Å²) in [5.41, 5.74) is 0. The largest absolute Gasteiger partial charge is 0.415 e. The van der Waals surface area contributed by atoms with Gasteiger partial charge in [0.1, 0.15) is 0 Å². The van der Waals surface area contributed by atoms with Crippen LogP contribution in [0.1, 0.15) is 52.9 Å². The fraction of sp³-hybridized carbons (Fsp3) is 0.933. The fourth-order valence-corrected chi connectivity index (χ4v) is 3.11. The minimum absolute atomic E-state index is 0.306. The van der Waals surface area contributed by atoms with Crippen LogP contribution < -0.4 is 0 Å². The van der Waals surface area contributed by atoms with Crippen LogP contribution in [0, 0.1) is 5.92 Å². The Hall–Kier alpha value is -0.153. The lowest BCUT2D eigenvalue weighted by Crippen LogP contribution is -2.41. The summed E-state index contributed by atoms with van der Waals surface area (Å²) in [6.07, 6.45) is 9.06. The van der Waals surface area contributed by atoms with Gasteiger partial charge in [-0.25, -0.2) is 0 Å². The van der Waals surface area contributed by atoms with Crippen LogP contribution in [0.2, 0.25) is 18.1 Å². The van der Waals surface area contributed by atoms with Crippen LogP contribution in [-0.2, 0) is 4.43 Å². The third-order valence-electron chi connectivity index (χ3n) is 4.46. The van der Waals surface area contributed by atoms with Crippen LogP contribution in [0.3, 0.4) is 0 Å². The van der Waals surface area contributed by atoms with Gasteiger partial charge in [-0.15, -0.1) is 0 Å². The van der Waals surface area contributed by atoms with Crippen molar-refractivity contribution in [3.05, 3.63) is 0 Å². The highest BCUT2D eigenvalue weighted by Crippen LogP contribution is 2.36. The van der Waals surface area contributed by atoms with Crippen LogP contribution in [0.15, 0.2) is 4.99 Å². The first-order chi connectivity index (χ1) is 8.33. The van der Waals surface area contributed by atoms with Crippen molar-refractivity contribution in [2.45, 2.75) is 71.0 Å². The topological polar surface area (TPSA) is 21.6 Å². The van der Waals surface area contributed by atoms with Crippen molar-refractivity contribution in [2.75, 3.05) is 13.2 Å². The minimum Gasteiger partial charge on any atom is -0.415 e. The van der Waals surface area contributed by atoms with Crippen molar-refractivity contribution in [1.29, 1.82) is 0 Å². The highest BCUT2D eigenvalue weighted by atomic mass is 28.4. The smallest absolute Gasteiger partial charge is 0.192 e. The Bertz CT molecular complexity index is 262. The molecule has 0 aliphatic heterocycles. The molecule has 1 aliphatic carbocycles. The number of hydrogen-bond acceptors (Lipinski definition) is 2. The standard InChI is InChI=1S/C15H31NOSi/c1-15(2,3)18(4,5)17-12-11-16-13-14-9-7-6-8-10-14/h13-14H,6-12H2,1-5H3. The zero-order valence-corrected chi connectivity index (χ0v) is 14.0. The molecule has 1 aliphatic rings. The maximum absolute atomic E-state index is 6.11. The Balaban J connectivity index is 2.20. The average molecular weight is 270 g/mol. The monoisotopic (exact) mass is 269 g/mol. The number of rotatable bonds is 5. The molecular formula is C15H31NOSi. The highest BCUT2D eigenvalue weighted by Gasteiger charge is 2.36. The summed E-state index contributed by atoms with van der Waals surface area (Å²) < 4.78 is 6.11. The Kier molecular flexibility index (Phi) is 6.05. The Morgan fingerprint density at radius 2 is 1.78 bits per heavy atom. The summed E-state index contributed by atoms with van der Waals surface area (Å²) in [6.45, 7) is 13.1. The molecule has 0 aromatic heterocycles. The van der Waals surface area contributed by atoms with Gasteiger partial charge in [-0.05, 0) is 36.9 Å². The van der Waals surface area contributed by atoms with Gasteiger partial charge in [0.05, 0.1) is 13.2 Å². The highest BCUT2D eigenvalue weighted by molar-refractivity contribution is 6.74. The van der Waals surface area contributed by atoms with Gasteiger partial charge in [-0.2, -0.15) is 0 Å². The van der Waals surface area contributed by atoms with E-state index in [0.29, 0.717) is 5.04 Å². The minimum atomic E-state index is -1.57. The first kappa shape index (κ1) is 15.9. The van der Waals surface area contributed by atoms with E-state index in [2.05, 4.69) is 45.1 Å². The molecule has 18 heavy (non-hydrogen) atoms. The molecule has 2 nitrogen and oxygen atoms in total. The van der Waals surface area contributed by atoms with Crippen molar-refractivity contribution in [2.24, 2.45) is 10.9 Å². The fourth-order valence-electron chi connectivity index (χ4n) is 2.08. The third-order valence-corrected chi connectivity index (χ3v) is 8.99. The zero-order valence-electron chi connectivity index (χ0n) is 13.0. The van der Waals surface area contributed by atoms with E-state index in [0.717, 1.165) is 19.1 Å². The molecule has 0 saturated heterocycles. The molecule has 0 amide bonds. The number of aliphatic imine (C=N–C) groups is 1. The van der Waals surface area contributed by atoms with Crippen molar-refractivity contribution in [1.82, 2.24) is 0 Å². The zero-order chi connectivity index (χ0) is 13.6. The normalized spacial score (nSPS) is 19.6. The third kappa shape index (κ3) is 5.23. The van der Waals surface area contributed by atoms with Crippen LogP contribution in [0.4, 0.5) is 0 Å². The SMILES string of the molecule is CC(C)(C)[Si](C)(C)OCCN=CC1CCCCC1. The molecule has 0 aromatic rings. The second-order valence-electron chi connectivity index (χ2n) is 7.06. The summed E-state index contributed by atoms with van der Waals surface area (Å²) in [5, 5.41) is 0.306. The Morgan fingerprint density at radius 1 is 1.17 bits per heavy atom. The molecule has 1 rings (SSSR count). The lowest BCUT2D eigenvalue weighted by atomic mass is 9.90. The molecule has 3 heteroatoms. The lowest BCUT2D eigenvalue weighted by Gasteiger charge is -2.35. The molecule has 1 saturated carbocycles. The first-order valence-corrected chi connectivity index (χ1v) is 10.4. The molecule has 0 radical (unpaired) electrons. The van der Waals surface area contributed by atoms with Gasteiger partial charge in [-0.3, -0.25) is 4.99 Å². The van der Waals surface area contributed by atoms with E-state index in [1.165, 1.54) is 32.1 Å². The predicted octanol–water partition coefficient (Wildman–Crippen LogP) is 4.66. The van der Waals surface area contributed by atoms with Gasteiger partial charge >= 0.3 is 0 Å². The molecular weight excluding hydrogens is 238 g/mol. The molecule has 106 valence electrons. The van der Waals surface area contributed by atoms with Crippen LogP contribution in [0.5, 0.6) is 0 Å². The summed E-state index contributed by atoms with van der Waals surface area (Å²) in [5.74, 6) is 0.742. The second-order valence-corrected chi connectivity index (χ2v) is 11.9. The molecule has 0 bridgehead atoms. The van der Waals surface area contributed by atoms with Crippen LogP contribution in [0.25, 0.3) is 0 Å². The number of nitrogens with zero attached hydrogens (tertiary/aromatic N) is 1. The van der Waals surface area contributed by atoms with Crippen molar-refractivity contribution >= 4 is 14.5 Å². The van der Waals surface area contributed by atoms with E-state index < -0.39 is 8.32 Å². The van der Waals surface area contributed by atoms with Gasteiger partial charge in [0.2, 0.25) is 0 Å². The second kappa shape index (κ2) is 6.85. The van der Waals surface area contributed by atoms with Gasteiger partial charge in [-0.1, -0.05) is 40.0 Å². The maximum atomic E-state index is 6.11. The number of hydrogen-bond donors (Lipinski definition) is 0. The summed E-state index contributed by atoms with van der Waals surface area (Å²) >= 11 is 0. The van der Waals surface area contributed by atoms with E-state index in [1.54, 1.807) is 0 Å². The Morgan fingerprint density at radius 3 is 2.33 bits per heavy atom. The maximum Gasteiger partial charge on any atom is 0.192 e. The molecule has 1 fully saturated rings. The molecule has 0 N–H and O–H groups in total. The van der Waals surface area contributed by atoms with Gasteiger partial charge in [0.15, 0.2) is 8.32 Å². The van der Waals surface area contributed by atoms with E-state index in [9.17, 15) is 0 Å². The molecule has 0 unspecified atom stereocenters. The van der Waals surface area contributed by atoms with Gasteiger partial charge in [0, 0.05) is 6.21 Å². The van der Waals surface area contributed by atoms with Crippen LogP contribution in [-0.4, -0.2) is 27.7 Å². The van der Waals surface area contributed by atoms with Gasteiger partial charge < -0.3 is 4.43 Å².